The average Bonchev–Trinajstić information content (AvgIpc) is 3.54. The van der Waals surface area contributed by atoms with Crippen LogP contribution in [0, 0.1) is 0 Å². The summed E-state index contributed by atoms with van der Waals surface area (Å²) in [6, 6.07) is 16.1. The van der Waals surface area contributed by atoms with Crippen molar-refractivity contribution in [3.05, 3.63) is 97.4 Å². The fourth-order valence-corrected chi connectivity index (χ4v) is 6.96. The Hall–Kier alpha value is -3.09. The summed E-state index contributed by atoms with van der Waals surface area (Å²) in [5.41, 5.74) is 1.67. The van der Waals surface area contributed by atoms with Crippen molar-refractivity contribution in [1.29, 1.82) is 0 Å². The van der Waals surface area contributed by atoms with E-state index in [4.69, 9.17) is 32.7 Å². The molecule has 1 aromatic heterocycles. The summed E-state index contributed by atoms with van der Waals surface area (Å²) in [5, 5.41) is 21.1. The summed E-state index contributed by atoms with van der Waals surface area (Å²) < 4.78 is 12.2. The Labute approximate surface area is 262 Å². The molecule has 1 atom stereocenters. The number of thioether (sulfide) groups is 1. The molecule has 0 radical (unpaired) electrons. The third kappa shape index (κ3) is 5.96. The Morgan fingerprint density at radius 2 is 1.76 bits per heavy atom. The predicted molar refractivity (Wildman–Crippen MR) is 164 cm³/mol. The summed E-state index contributed by atoms with van der Waals surface area (Å²) >= 11 is 18.2. The van der Waals surface area contributed by atoms with E-state index in [-0.39, 0.29) is 16.5 Å². The second-order valence-electron chi connectivity index (χ2n) is 8.67. The molecule has 5 rings (SSSR count). The minimum Gasteiger partial charge on any atom is -0.507 e. The van der Waals surface area contributed by atoms with Crippen molar-refractivity contribution in [3.63, 3.8) is 0 Å². The maximum atomic E-state index is 13.5. The molecule has 0 saturated carbocycles. The van der Waals surface area contributed by atoms with Crippen LogP contribution in [-0.2, 0) is 15.3 Å². The van der Waals surface area contributed by atoms with Gasteiger partial charge < -0.3 is 14.6 Å². The number of hydrogen-bond acceptors (Lipinski definition) is 9. The summed E-state index contributed by atoms with van der Waals surface area (Å²) in [6.07, 6.45) is 0. The number of carbonyl (C=O) groups excluding carboxylic acids is 2. The van der Waals surface area contributed by atoms with Crippen LogP contribution in [0.25, 0.3) is 5.76 Å². The molecule has 1 N–H and O–H groups in total. The fourth-order valence-electron chi connectivity index (χ4n) is 4.27. The lowest BCUT2D eigenvalue weighted by Crippen LogP contribution is -2.29. The first kappa shape index (κ1) is 29.4. The van der Waals surface area contributed by atoms with Gasteiger partial charge in [0.15, 0.2) is 15.8 Å². The molecular formula is C28H20BrCl2N3O5S2. The van der Waals surface area contributed by atoms with Gasteiger partial charge in [-0.05, 0) is 47.5 Å². The molecule has 1 aliphatic rings. The number of aliphatic hydroxyl groups is 1. The van der Waals surface area contributed by atoms with Gasteiger partial charge in [0.25, 0.3) is 5.78 Å². The smallest absolute Gasteiger partial charge is 0.301 e. The van der Waals surface area contributed by atoms with E-state index in [1.807, 2.05) is 6.07 Å². The fraction of sp³-hybridized carbons (Fsp3) is 0.143. The molecule has 3 aromatic carbocycles. The second kappa shape index (κ2) is 12.4. The molecule has 2 heterocycles. The highest BCUT2D eigenvalue weighted by Crippen LogP contribution is 2.45. The lowest BCUT2D eigenvalue weighted by molar-refractivity contribution is -0.132. The molecule has 1 amide bonds. The van der Waals surface area contributed by atoms with Crippen LogP contribution in [0.5, 0.6) is 11.5 Å². The number of aliphatic hydroxyl groups excluding tert-OH is 1. The van der Waals surface area contributed by atoms with Crippen LogP contribution in [0.2, 0.25) is 10.0 Å². The SMILES string of the molecule is COc1ccc(C2/C(=C(/O)c3ccc(Br)cc3)C(=O)C(=O)N2c2nnc(SCc3ccc(Cl)cc3Cl)s2)cc1OC. The second-order valence-corrected chi connectivity index (χ2v) is 12.6. The highest BCUT2D eigenvalue weighted by atomic mass is 79.9. The van der Waals surface area contributed by atoms with Gasteiger partial charge in [0, 0.05) is 25.8 Å². The van der Waals surface area contributed by atoms with Crippen LogP contribution in [0.4, 0.5) is 5.13 Å². The lowest BCUT2D eigenvalue weighted by Gasteiger charge is -2.23. The van der Waals surface area contributed by atoms with Gasteiger partial charge in [-0.1, -0.05) is 86.5 Å². The lowest BCUT2D eigenvalue weighted by atomic mass is 9.95. The van der Waals surface area contributed by atoms with Crippen LogP contribution >= 0.6 is 62.2 Å². The number of rotatable bonds is 8. The molecule has 0 bridgehead atoms. The monoisotopic (exact) mass is 691 g/mol. The van der Waals surface area contributed by atoms with Crippen LogP contribution in [0.15, 0.2) is 75.0 Å². The standard InChI is InChI=1S/C28H20BrCl2N3O5S2/c1-38-20-10-6-15(11-21(20)39-2)23-22(24(35)14-3-7-17(29)8-4-14)25(36)26(37)34(23)27-32-33-28(41-27)40-13-16-5-9-18(30)12-19(16)31/h3-12,23,35H,13H2,1-2H3/b24-22-. The summed E-state index contributed by atoms with van der Waals surface area (Å²) in [5.74, 6) is -0.634. The number of carbonyl (C=O) groups is 2. The zero-order valence-corrected chi connectivity index (χ0v) is 26.2. The van der Waals surface area contributed by atoms with Gasteiger partial charge in [0.1, 0.15) is 5.76 Å². The number of Topliss-reactive ketones (excluding diaryl/α,β-unsaturated/α-hetero) is 1. The van der Waals surface area contributed by atoms with Gasteiger partial charge >= 0.3 is 5.91 Å². The number of ether oxygens (including phenoxy) is 2. The minimum absolute atomic E-state index is 0.0816. The van der Waals surface area contributed by atoms with E-state index < -0.39 is 17.7 Å². The van der Waals surface area contributed by atoms with Crippen molar-refractivity contribution in [2.75, 3.05) is 19.1 Å². The van der Waals surface area contributed by atoms with Crippen molar-refractivity contribution in [2.45, 2.75) is 16.1 Å². The van der Waals surface area contributed by atoms with Crippen LogP contribution in [0.3, 0.4) is 0 Å². The van der Waals surface area contributed by atoms with Crippen LogP contribution in [0.1, 0.15) is 22.7 Å². The van der Waals surface area contributed by atoms with E-state index in [2.05, 4.69) is 26.1 Å². The van der Waals surface area contributed by atoms with Crippen molar-refractivity contribution >= 4 is 84.8 Å². The molecule has 13 heteroatoms. The highest BCUT2D eigenvalue weighted by molar-refractivity contribution is 9.10. The first-order valence-corrected chi connectivity index (χ1v) is 15.3. The molecule has 1 unspecified atom stereocenters. The Bertz CT molecular complexity index is 1680. The van der Waals surface area contributed by atoms with E-state index in [9.17, 15) is 14.7 Å². The molecule has 1 saturated heterocycles. The molecule has 210 valence electrons. The summed E-state index contributed by atoms with van der Waals surface area (Å²) in [7, 11) is 3.00. The number of anilines is 1. The Morgan fingerprint density at radius 1 is 1.02 bits per heavy atom. The zero-order valence-electron chi connectivity index (χ0n) is 21.4. The van der Waals surface area contributed by atoms with Gasteiger partial charge in [-0.3, -0.25) is 14.5 Å². The molecule has 8 nitrogen and oxygen atoms in total. The Balaban J connectivity index is 1.57. The molecule has 1 aliphatic heterocycles. The number of halogens is 3. The normalized spacial score (nSPS) is 16.3. The molecule has 41 heavy (non-hydrogen) atoms. The van der Waals surface area contributed by atoms with Gasteiger partial charge in [-0.15, -0.1) is 10.2 Å². The average molecular weight is 693 g/mol. The first-order chi connectivity index (χ1) is 19.7. The topological polar surface area (TPSA) is 102 Å². The number of amides is 1. The Kier molecular flexibility index (Phi) is 8.91. The molecular weight excluding hydrogens is 673 g/mol. The summed E-state index contributed by atoms with van der Waals surface area (Å²) in [4.78, 5) is 28.2. The zero-order chi connectivity index (χ0) is 29.3. The maximum Gasteiger partial charge on any atom is 0.301 e. The third-order valence-corrected chi connectivity index (χ3v) is 9.47. The molecule has 4 aromatic rings. The van der Waals surface area contributed by atoms with Crippen molar-refractivity contribution in [3.8, 4) is 11.5 Å². The van der Waals surface area contributed by atoms with E-state index >= 15 is 0 Å². The van der Waals surface area contributed by atoms with Crippen molar-refractivity contribution in [2.24, 2.45) is 0 Å². The maximum absolute atomic E-state index is 13.5. The first-order valence-electron chi connectivity index (χ1n) is 11.9. The molecule has 0 spiro atoms. The minimum atomic E-state index is -1.00. The molecule has 1 fully saturated rings. The number of aromatic nitrogens is 2. The predicted octanol–water partition coefficient (Wildman–Crippen LogP) is 7.54. The largest absolute Gasteiger partial charge is 0.507 e. The number of nitrogens with zero attached hydrogens (tertiary/aromatic N) is 3. The van der Waals surface area contributed by atoms with E-state index in [1.54, 1.807) is 54.6 Å². The van der Waals surface area contributed by atoms with Gasteiger partial charge in [-0.2, -0.15) is 0 Å². The van der Waals surface area contributed by atoms with Gasteiger partial charge in [0.05, 0.1) is 25.8 Å². The number of hydrogen-bond donors (Lipinski definition) is 1. The molecule has 0 aliphatic carbocycles. The number of methoxy groups -OCH3 is 2. The number of ketones is 1. The highest BCUT2D eigenvalue weighted by Gasteiger charge is 2.48. The third-order valence-electron chi connectivity index (χ3n) is 6.25. The quantitative estimate of drug-likeness (QED) is 0.0665. The van der Waals surface area contributed by atoms with Crippen molar-refractivity contribution < 1.29 is 24.2 Å². The summed E-state index contributed by atoms with van der Waals surface area (Å²) in [6.45, 7) is 0. The van der Waals surface area contributed by atoms with Gasteiger partial charge in [0.2, 0.25) is 5.13 Å². The number of benzene rings is 3. The Morgan fingerprint density at radius 3 is 2.44 bits per heavy atom. The van der Waals surface area contributed by atoms with E-state index in [0.29, 0.717) is 42.8 Å². The van der Waals surface area contributed by atoms with Crippen molar-refractivity contribution in [1.82, 2.24) is 10.2 Å². The van der Waals surface area contributed by atoms with Crippen LogP contribution in [-0.4, -0.2) is 41.2 Å². The van der Waals surface area contributed by atoms with Crippen LogP contribution < -0.4 is 14.4 Å². The van der Waals surface area contributed by atoms with Gasteiger partial charge in [-0.25, -0.2) is 0 Å². The van der Waals surface area contributed by atoms with E-state index in [1.165, 1.54) is 30.9 Å². The van der Waals surface area contributed by atoms with E-state index in [0.717, 1.165) is 21.4 Å².